The lowest BCUT2D eigenvalue weighted by Crippen LogP contribution is -2.42. The largest absolute Gasteiger partial charge is 0.495 e. The fourth-order valence-electron chi connectivity index (χ4n) is 1.91. The molecule has 0 spiro atoms. The molecule has 0 aliphatic heterocycles. The van der Waals surface area contributed by atoms with Crippen molar-refractivity contribution >= 4 is 33.2 Å². The highest BCUT2D eigenvalue weighted by molar-refractivity contribution is 7.88. The van der Waals surface area contributed by atoms with Crippen molar-refractivity contribution in [2.24, 2.45) is 0 Å². The second-order valence-corrected chi connectivity index (χ2v) is 7.33. The van der Waals surface area contributed by atoms with Gasteiger partial charge in [-0.2, -0.15) is 4.31 Å². The summed E-state index contributed by atoms with van der Waals surface area (Å²) >= 11 is 5.90. The average Bonchev–Trinajstić information content (AvgIpc) is 2.43. The van der Waals surface area contributed by atoms with Crippen LogP contribution in [0.3, 0.4) is 0 Å². The van der Waals surface area contributed by atoms with Gasteiger partial charge in [0.25, 0.3) is 0 Å². The van der Waals surface area contributed by atoms with Crippen LogP contribution < -0.4 is 10.1 Å². The highest BCUT2D eigenvalue weighted by atomic mass is 35.5. The highest BCUT2D eigenvalue weighted by Gasteiger charge is 2.25. The van der Waals surface area contributed by atoms with Crippen LogP contribution in [0, 0.1) is 0 Å². The van der Waals surface area contributed by atoms with Gasteiger partial charge in [0, 0.05) is 11.1 Å². The summed E-state index contributed by atoms with van der Waals surface area (Å²) in [5.41, 5.74) is 0.401. The molecular formula is C14H21ClN2O4S. The van der Waals surface area contributed by atoms with Crippen molar-refractivity contribution in [1.82, 2.24) is 4.31 Å². The number of rotatable bonds is 7. The summed E-state index contributed by atoms with van der Waals surface area (Å²) < 4.78 is 29.9. The van der Waals surface area contributed by atoms with Gasteiger partial charge in [-0.25, -0.2) is 8.42 Å². The minimum absolute atomic E-state index is 0.260. The lowest BCUT2D eigenvalue weighted by molar-refractivity contribution is -0.116. The Kier molecular flexibility index (Phi) is 6.65. The number of ether oxygens (including phenoxy) is 1. The van der Waals surface area contributed by atoms with Gasteiger partial charge in [0.15, 0.2) is 0 Å². The Hall–Kier alpha value is -1.31. The Morgan fingerprint density at radius 3 is 2.59 bits per heavy atom. The summed E-state index contributed by atoms with van der Waals surface area (Å²) in [4.78, 5) is 12.2. The van der Waals surface area contributed by atoms with E-state index in [-0.39, 0.29) is 12.6 Å². The van der Waals surface area contributed by atoms with Gasteiger partial charge >= 0.3 is 0 Å². The quantitative estimate of drug-likeness (QED) is 0.820. The summed E-state index contributed by atoms with van der Waals surface area (Å²) in [5.74, 6) is -0.00140. The molecule has 6 nitrogen and oxygen atoms in total. The Morgan fingerprint density at radius 2 is 2.09 bits per heavy atom. The van der Waals surface area contributed by atoms with Crippen LogP contribution >= 0.6 is 11.6 Å². The van der Waals surface area contributed by atoms with Crippen LogP contribution in [0.4, 0.5) is 5.69 Å². The van der Waals surface area contributed by atoms with Crippen LogP contribution in [-0.4, -0.2) is 44.6 Å². The number of amides is 1. The molecule has 1 unspecified atom stereocenters. The molecule has 0 radical (unpaired) electrons. The van der Waals surface area contributed by atoms with Crippen molar-refractivity contribution in [1.29, 1.82) is 0 Å². The van der Waals surface area contributed by atoms with E-state index in [1.54, 1.807) is 25.1 Å². The number of carbonyl (C=O) groups excluding carboxylic acids is 1. The summed E-state index contributed by atoms with van der Waals surface area (Å²) in [6.45, 7) is 3.36. The topological polar surface area (TPSA) is 75.7 Å². The molecule has 1 N–H and O–H groups in total. The molecule has 1 atom stereocenters. The van der Waals surface area contributed by atoms with Crippen molar-refractivity contribution < 1.29 is 17.9 Å². The van der Waals surface area contributed by atoms with Crippen LogP contribution in [0.5, 0.6) is 5.75 Å². The van der Waals surface area contributed by atoms with E-state index >= 15 is 0 Å². The number of nitrogens with one attached hydrogen (secondary N) is 1. The molecule has 1 aromatic carbocycles. The molecule has 124 valence electrons. The number of hydrogen-bond acceptors (Lipinski definition) is 4. The first-order chi connectivity index (χ1) is 10.2. The predicted octanol–water partition coefficient (Wildman–Crippen LogP) is 2.35. The van der Waals surface area contributed by atoms with E-state index in [1.165, 1.54) is 11.4 Å². The molecule has 0 fully saturated rings. The number of methoxy groups -OCH3 is 1. The molecule has 0 aromatic heterocycles. The Balaban J connectivity index is 2.91. The van der Waals surface area contributed by atoms with Gasteiger partial charge in [0.05, 0.1) is 25.6 Å². The minimum atomic E-state index is -3.47. The summed E-state index contributed by atoms with van der Waals surface area (Å²) in [5, 5.41) is 3.07. The van der Waals surface area contributed by atoms with Crippen LogP contribution in [0.2, 0.25) is 5.02 Å². The number of halogens is 1. The van der Waals surface area contributed by atoms with E-state index in [0.717, 1.165) is 6.26 Å². The molecule has 1 amide bonds. The molecule has 8 heteroatoms. The Bertz CT molecular complexity index is 634. The fourth-order valence-corrected chi connectivity index (χ4v) is 3.24. The Morgan fingerprint density at radius 1 is 1.45 bits per heavy atom. The summed E-state index contributed by atoms with van der Waals surface area (Å²) in [7, 11) is -2.00. The third-order valence-electron chi connectivity index (χ3n) is 3.24. The molecule has 1 rings (SSSR count). The van der Waals surface area contributed by atoms with E-state index in [2.05, 4.69) is 5.32 Å². The average molecular weight is 349 g/mol. The molecule has 0 aliphatic rings. The lowest BCUT2D eigenvalue weighted by atomic mass is 10.2. The molecule has 22 heavy (non-hydrogen) atoms. The third-order valence-corrected chi connectivity index (χ3v) is 4.82. The molecule has 0 saturated carbocycles. The first-order valence-corrected chi connectivity index (χ1v) is 9.01. The molecule has 1 aromatic rings. The zero-order valence-corrected chi connectivity index (χ0v) is 14.7. The zero-order valence-electron chi connectivity index (χ0n) is 13.1. The maximum atomic E-state index is 12.2. The predicted molar refractivity (Wildman–Crippen MR) is 87.9 cm³/mol. The van der Waals surface area contributed by atoms with Crippen LogP contribution in [0.1, 0.15) is 20.3 Å². The fraction of sp³-hybridized carbons (Fsp3) is 0.500. The Labute approximate surface area is 136 Å². The summed E-state index contributed by atoms with van der Waals surface area (Å²) in [6, 6.07) is 4.55. The van der Waals surface area contributed by atoms with Gasteiger partial charge in [-0.1, -0.05) is 18.5 Å². The SMILES string of the molecule is CCC(C)N(CC(=O)Nc1cc(Cl)ccc1OC)S(C)(=O)=O. The van der Waals surface area contributed by atoms with Gasteiger partial charge in [-0.3, -0.25) is 4.79 Å². The number of anilines is 1. The van der Waals surface area contributed by atoms with Crippen molar-refractivity contribution in [2.75, 3.05) is 25.2 Å². The van der Waals surface area contributed by atoms with E-state index in [9.17, 15) is 13.2 Å². The van der Waals surface area contributed by atoms with Gasteiger partial charge in [-0.15, -0.1) is 0 Å². The highest BCUT2D eigenvalue weighted by Crippen LogP contribution is 2.27. The van der Waals surface area contributed by atoms with Crippen molar-refractivity contribution in [2.45, 2.75) is 26.3 Å². The van der Waals surface area contributed by atoms with E-state index < -0.39 is 15.9 Å². The maximum Gasteiger partial charge on any atom is 0.239 e. The number of nitrogens with zero attached hydrogens (tertiary/aromatic N) is 1. The van der Waals surface area contributed by atoms with E-state index in [1.807, 2.05) is 6.92 Å². The first kappa shape index (κ1) is 18.7. The van der Waals surface area contributed by atoms with Gasteiger partial charge < -0.3 is 10.1 Å². The van der Waals surface area contributed by atoms with E-state index in [4.69, 9.17) is 16.3 Å². The number of sulfonamides is 1. The van der Waals surface area contributed by atoms with Crippen molar-refractivity contribution in [3.8, 4) is 5.75 Å². The van der Waals surface area contributed by atoms with Crippen molar-refractivity contribution in [3.63, 3.8) is 0 Å². The van der Waals surface area contributed by atoms with Crippen LogP contribution in [-0.2, 0) is 14.8 Å². The van der Waals surface area contributed by atoms with Gasteiger partial charge in [0.1, 0.15) is 5.75 Å². The summed E-state index contributed by atoms with van der Waals surface area (Å²) in [6.07, 6.45) is 1.70. The monoisotopic (exact) mass is 348 g/mol. The van der Waals surface area contributed by atoms with Gasteiger partial charge in [-0.05, 0) is 31.5 Å². The third kappa shape index (κ3) is 5.15. The molecule has 0 heterocycles. The lowest BCUT2D eigenvalue weighted by Gasteiger charge is -2.25. The normalized spacial score (nSPS) is 13.0. The molecule has 0 aliphatic carbocycles. The van der Waals surface area contributed by atoms with Crippen LogP contribution in [0.15, 0.2) is 18.2 Å². The van der Waals surface area contributed by atoms with E-state index in [0.29, 0.717) is 22.9 Å². The second-order valence-electron chi connectivity index (χ2n) is 4.96. The minimum Gasteiger partial charge on any atom is -0.495 e. The molecule has 0 saturated heterocycles. The number of carbonyl (C=O) groups is 1. The molecule has 0 bridgehead atoms. The van der Waals surface area contributed by atoms with Gasteiger partial charge in [0.2, 0.25) is 15.9 Å². The standard InChI is InChI=1S/C14H21ClN2O4S/c1-5-10(2)17(22(4,19)20)9-14(18)16-12-8-11(15)6-7-13(12)21-3/h6-8,10H,5,9H2,1-4H3,(H,16,18). The smallest absolute Gasteiger partial charge is 0.239 e. The zero-order chi connectivity index (χ0) is 16.9. The van der Waals surface area contributed by atoms with Crippen molar-refractivity contribution in [3.05, 3.63) is 23.2 Å². The van der Waals surface area contributed by atoms with Crippen LogP contribution in [0.25, 0.3) is 0 Å². The molecular weight excluding hydrogens is 328 g/mol. The maximum absolute atomic E-state index is 12.2. The first-order valence-electron chi connectivity index (χ1n) is 6.79. The second kappa shape index (κ2) is 7.80. The number of hydrogen-bond donors (Lipinski definition) is 1. The number of benzene rings is 1.